The van der Waals surface area contributed by atoms with Crippen LogP contribution in [-0.4, -0.2) is 30.9 Å². The van der Waals surface area contributed by atoms with Gasteiger partial charge in [0.05, 0.1) is 0 Å². The van der Waals surface area contributed by atoms with Crippen molar-refractivity contribution in [3.05, 3.63) is 59.7 Å². The number of hydrogen-bond acceptors (Lipinski definition) is 5. The fraction of sp³-hybridized carbons (Fsp3) is 0.211. The van der Waals surface area contributed by atoms with Crippen molar-refractivity contribution >= 4 is 23.5 Å². The maximum atomic E-state index is 12.1. The molecule has 0 spiro atoms. The van der Waals surface area contributed by atoms with Gasteiger partial charge in [-0.1, -0.05) is 6.07 Å². The Kier molecular flexibility index (Phi) is 6.73. The van der Waals surface area contributed by atoms with E-state index in [1.165, 1.54) is 13.0 Å². The standard InChI is InChI=1S/C19H21N3O4/c1-13(23)26-17-5-2-4-15(12-17)19(25)22-11-3-10-21-18(24)14-6-8-16(20)9-7-14/h2,4-9,12H,3,10-11,20H2,1H3,(H,21,24)(H,22,25). The van der Waals surface area contributed by atoms with Crippen LogP contribution >= 0.6 is 0 Å². The zero-order chi connectivity index (χ0) is 18.9. The van der Waals surface area contributed by atoms with Crippen molar-refractivity contribution in [3.8, 4) is 5.75 Å². The first-order chi connectivity index (χ1) is 12.5. The van der Waals surface area contributed by atoms with Gasteiger partial charge in [0, 0.05) is 36.8 Å². The van der Waals surface area contributed by atoms with E-state index >= 15 is 0 Å². The van der Waals surface area contributed by atoms with Gasteiger partial charge in [-0.2, -0.15) is 0 Å². The topological polar surface area (TPSA) is 111 Å². The van der Waals surface area contributed by atoms with E-state index in [0.29, 0.717) is 42.1 Å². The van der Waals surface area contributed by atoms with Crippen molar-refractivity contribution in [2.24, 2.45) is 0 Å². The number of carbonyl (C=O) groups is 3. The Morgan fingerprint density at radius 1 is 0.923 bits per heavy atom. The summed E-state index contributed by atoms with van der Waals surface area (Å²) in [5, 5.41) is 5.53. The summed E-state index contributed by atoms with van der Waals surface area (Å²) in [7, 11) is 0. The van der Waals surface area contributed by atoms with E-state index in [2.05, 4.69) is 10.6 Å². The van der Waals surface area contributed by atoms with Crippen LogP contribution in [0.15, 0.2) is 48.5 Å². The second-order valence-electron chi connectivity index (χ2n) is 5.61. The maximum absolute atomic E-state index is 12.1. The average Bonchev–Trinajstić information content (AvgIpc) is 2.61. The first kappa shape index (κ1) is 19.0. The second kappa shape index (κ2) is 9.22. The molecule has 2 aromatic rings. The number of ether oxygens (including phenoxy) is 1. The third kappa shape index (κ3) is 5.94. The summed E-state index contributed by atoms with van der Waals surface area (Å²) in [5.74, 6) is -0.588. The number of anilines is 1. The minimum atomic E-state index is -0.445. The minimum absolute atomic E-state index is 0.189. The molecule has 0 heterocycles. The Morgan fingerprint density at radius 2 is 1.54 bits per heavy atom. The third-order valence-corrected chi connectivity index (χ3v) is 3.46. The van der Waals surface area contributed by atoms with Crippen molar-refractivity contribution in [2.75, 3.05) is 18.8 Å². The van der Waals surface area contributed by atoms with Crippen molar-refractivity contribution in [2.45, 2.75) is 13.3 Å². The highest BCUT2D eigenvalue weighted by atomic mass is 16.5. The van der Waals surface area contributed by atoms with Crippen LogP contribution in [0.1, 0.15) is 34.1 Å². The molecule has 26 heavy (non-hydrogen) atoms. The monoisotopic (exact) mass is 355 g/mol. The van der Waals surface area contributed by atoms with Crippen LogP contribution in [0, 0.1) is 0 Å². The quantitative estimate of drug-likeness (QED) is 0.303. The molecule has 4 N–H and O–H groups in total. The molecule has 0 aliphatic rings. The fourth-order valence-corrected chi connectivity index (χ4v) is 2.20. The van der Waals surface area contributed by atoms with Crippen molar-refractivity contribution in [3.63, 3.8) is 0 Å². The predicted molar refractivity (Wildman–Crippen MR) is 97.9 cm³/mol. The van der Waals surface area contributed by atoms with Crippen LogP contribution in [-0.2, 0) is 4.79 Å². The predicted octanol–water partition coefficient (Wildman–Crippen LogP) is 1.74. The number of nitrogens with two attached hydrogens (primary N) is 1. The number of carbonyl (C=O) groups excluding carboxylic acids is 3. The fourth-order valence-electron chi connectivity index (χ4n) is 2.20. The number of nitrogens with one attached hydrogen (secondary N) is 2. The maximum Gasteiger partial charge on any atom is 0.308 e. The normalized spacial score (nSPS) is 10.0. The van der Waals surface area contributed by atoms with Gasteiger partial charge in [-0.3, -0.25) is 14.4 Å². The summed E-state index contributed by atoms with van der Waals surface area (Å²) >= 11 is 0. The lowest BCUT2D eigenvalue weighted by atomic mass is 10.2. The van der Waals surface area contributed by atoms with Crippen molar-refractivity contribution in [1.29, 1.82) is 0 Å². The molecule has 0 radical (unpaired) electrons. The summed E-state index contributed by atoms with van der Waals surface area (Å²) in [6.07, 6.45) is 0.579. The molecule has 0 aliphatic heterocycles. The molecule has 7 heteroatoms. The number of rotatable bonds is 7. The average molecular weight is 355 g/mol. The van der Waals surface area contributed by atoms with Crippen LogP contribution in [0.4, 0.5) is 5.69 Å². The summed E-state index contributed by atoms with van der Waals surface area (Å²) in [5.41, 5.74) is 7.11. The highest BCUT2D eigenvalue weighted by Crippen LogP contribution is 2.13. The molecule has 136 valence electrons. The smallest absolute Gasteiger partial charge is 0.308 e. The second-order valence-corrected chi connectivity index (χ2v) is 5.61. The Bertz CT molecular complexity index is 788. The Morgan fingerprint density at radius 3 is 2.15 bits per heavy atom. The molecule has 0 saturated carbocycles. The van der Waals surface area contributed by atoms with E-state index < -0.39 is 5.97 Å². The molecule has 0 aromatic heterocycles. The van der Waals surface area contributed by atoms with E-state index in [4.69, 9.17) is 10.5 Å². The van der Waals surface area contributed by atoms with Gasteiger partial charge in [-0.05, 0) is 48.9 Å². The third-order valence-electron chi connectivity index (χ3n) is 3.46. The van der Waals surface area contributed by atoms with Crippen molar-refractivity contribution in [1.82, 2.24) is 10.6 Å². The Hall–Kier alpha value is -3.35. The highest BCUT2D eigenvalue weighted by Gasteiger charge is 2.08. The number of benzene rings is 2. The first-order valence-corrected chi connectivity index (χ1v) is 8.16. The van der Waals surface area contributed by atoms with Gasteiger partial charge in [-0.15, -0.1) is 0 Å². The van der Waals surface area contributed by atoms with Crippen LogP contribution in [0.3, 0.4) is 0 Å². The Balaban J connectivity index is 1.72. The minimum Gasteiger partial charge on any atom is -0.427 e. The van der Waals surface area contributed by atoms with E-state index in [0.717, 1.165) is 0 Å². The molecule has 2 aromatic carbocycles. The molecular formula is C19H21N3O4. The molecule has 2 rings (SSSR count). The van der Waals surface area contributed by atoms with Gasteiger partial charge in [0.15, 0.2) is 0 Å². The largest absolute Gasteiger partial charge is 0.427 e. The van der Waals surface area contributed by atoms with Crippen LogP contribution in [0.2, 0.25) is 0 Å². The SMILES string of the molecule is CC(=O)Oc1cccc(C(=O)NCCCNC(=O)c2ccc(N)cc2)c1. The molecule has 2 amide bonds. The van der Waals surface area contributed by atoms with Gasteiger partial charge < -0.3 is 21.1 Å². The summed E-state index contributed by atoms with van der Waals surface area (Å²) in [6.45, 7) is 2.13. The van der Waals surface area contributed by atoms with Crippen LogP contribution < -0.4 is 21.1 Å². The van der Waals surface area contributed by atoms with Gasteiger partial charge >= 0.3 is 5.97 Å². The molecule has 0 atom stereocenters. The summed E-state index contributed by atoms with van der Waals surface area (Å²) in [4.78, 5) is 35.0. The molecule has 7 nitrogen and oxygen atoms in total. The van der Waals surface area contributed by atoms with E-state index in [1.54, 1.807) is 42.5 Å². The van der Waals surface area contributed by atoms with Gasteiger partial charge in [0.25, 0.3) is 11.8 Å². The Labute approximate surface area is 151 Å². The van der Waals surface area contributed by atoms with Gasteiger partial charge in [0.2, 0.25) is 0 Å². The highest BCUT2D eigenvalue weighted by molar-refractivity contribution is 5.95. The van der Waals surface area contributed by atoms with Crippen molar-refractivity contribution < 1.29 is 19.1 Å². The summed E-state index contributed by atoms with van der Waals surface area (Å²) < 4.78 is 4.95. The lowest BCUT2D eigenvalue weighted by Gasteiger charge is -2.08. The lowest BCUT2D eigenvalue weighted by molar-refractivity contribution is -0.131. The zero-order valence-corrected chi connectivity index (χ0v) is 14.5. The molecular weight excluding hydrogens is 334 g/mol. The molecule has 0 unspecified atom stereocenters. The van der Waals surface area contributed by atoms with E-state index in [-0.39, 0.29) is 11.8 Å². The first-order valence-electron chi connectivity index (χ1n) is 8.16. The molecule has 0 saturated heterocycles. The molecule has 0 fully saturated rings. The van der Waals surface area contributed by atoms with Crippen LogP contribution in [0.25, 0.3) is 0 Å². The van der Waals surface area contributed by atoms with Gasteiger partial charge in [0.1, 0.15) is 5.75 Å². The lowest BCUT2D eigenvalue weighted by Crippen LogP contribution is -2.29. The van der Waals surface area contributed by atoms with Crippen LogP contribution in [0.5, 0.6) is 5.75 Å². The van der Waals surface area contributed by atoms with E-state index in [9.17, 15) is 14.4 Å². The number of amides is 2. The number of esters is 1. The zero-order valence-electron chi connectivity index (χ0n) is 14.5. The molecule has 0 aliphatic carbocycles. The molecule has 0 bridgehead atoms. The van der Waals surface area contributed by atoms with Gasteiger partial charge in [-0.25, -0.2) is 0 Å². The summed E-state index contributed by atoms with van der Waals surface area (Å²) in [6, 6.07) is 13.0. The van der Waals surface area contributed by atoms with E-state index in [1.807, 2.05) is 0 Å². The number of nitrogen functional groups attached to an aromatic ring is 1. The number of hydrogen-bond donors (Lipinski definition) is 3.